The Kier molecular flexibility index (Phi) is 7.03. The maximum Gasteiger partial charge on any atom is 0.246 e. The van der Waals surface area contributed by atoms with Gasteiger partial charge < -0.3 is 19.6 Å². The molecule has 2 saturated heterocycles. The summed E-state index contributed by atoms with van der Waals surface area (Å²) in [6.45, 7) is 6.01. The molecule has 0 aliphatic carbocycles. The first-order valence-corrected chi connectivity index (χ1v) is 11.0. The number of benzene rings is 1. The van der Waals surface area contributed by atoms with Gasteiger partial charge in [0.05, 0.1) is 13.1 Å². The summed E-state index contributed by atoms with van der Waals surface area (Å²) in [7, 11) is 1.76. The van der Waals surface area contributed by atoms with Gasteiger partial charge in [0, 0.05) is 56.9 Å². The normalized spacial score (nSPS) is 17.9. The van der Waals surface area contributed by atoms with Gasteiger partial charge in [0.2, 0.25) is 17.6 Å². The lowest BCUT2D eigenvalue weighted by atomic mass is 10.2. The van der Waals surface area contributed by atoms with Crippen LogP contribution >= 0.6 is 11.6 Å². The zero-order valence-corrected chi connectivity index (χ0v) is 18.5. The van der Waals surface area contributed by atoms with Gasteiger partial charge in [-0.15, -0.1) is 0 Å². The summed E-state index contributed by atoms with van der Waals surface area (Å²) in [6, 6.07) is 7.31. The topological polar surface area (TPSA) is 90.1 Å². The minimum Gasteiger partial charge on any atom is -0.347 e. The third-order valence-corrected chi connectivity index (χ3v) is 5.92. The summed E-state index contributed by atoms with van der Waals surface area (Å²) in [5.74, 6) is 2.05. The lowest BCUT2D eigenvalue weighted by Gasteiger charge is -2.36. The Morgan fingerprint density at radius 2 is 1.81 bits per heavy atom. The average Bonchev–Trinajstić information content (AvgIpc) is 3.48. The van der Waals surface area contributed by atoms with Gasteiger partial charge >= 0.3 is 0 Å². The summed E-state index contributed by atoms with van der Waals surface area (Å²) in [5.41, 5.74) is 0.850. The lowest BCUT2D eigenvalue weighted by Crippen LogP contribution is -2.54. The molecule has 2 aromatic rings. The molecule has 0 radical (unpaired) electrons. The fourth-order valence-corrected chi connectivity index (χ4v) is 4.03. The van der Waals surface area contributed by atoms with Crippen LogP contribution in [0.1, 0.15) is 18.7 Å². The van der Waals surface area contributed by atoms with E-state index in [9.17, 15) is 4.79 Å². The molecule has 2 aliphatic rings. The number of nitrogens with one attached hydrogen (secondary N) is 1. The number of rotatable bonds is 5. The van der Waals surface area contributed by atoms with Crippen molar-refractivity contribution < 1.29 is 9.32 Å². The molecule has 2 aliphatic heterocycles. The number of carbonyl (C=O) groups excluding carboxylic acids is 1. The molecule has 0 bridgehead atoms. The van der Waals surface area contributed by atoms with Crippen LogP contribution in [0.5, 0.6) is 0 Å². The van der Waals surface area contributed by atoms with Crippen molar-refractivity contribution in [3.63, 3.8) is 0 Å². The second-order valence-electron chi connectivity index (χ2n) is 7.77. The molecule has 0 unspecified atom stereocenters. The minimum atomic E-state index is 0.251. The molecule has 1 aromatic carbocycles. The highest BCUT2D eigenvalue weighted by Crippen LogP contribution is 2.18. The number of hydrogen-bond donors (Lipinski definition) is 1. The van der Waals surface area contributed by atoms with Crippen LogP contribution in [0.15, 0.2) is 33.8 Å². The number of piperazine rings is 1. The van der Waals surface area contributed by atoms with E-state index in [1.54, 1.807) is 19.2 Å². The highest BCUT2D eigenvalue weighted by Gasteiger charge is 2.24. The molecule has 0 spiro atoms. The average molecular weight is 446 g/mol. The van der Waals surface area contributed by atoms with Crippen LogP contribution in [0.25, 0.3) is 11.4 Å². The largest absolute Gasteiger partial charge is 0.347 e. The standard InChI is InChI=1S/C21H28ClN7O2/c1-23-21(24-14-18-25-20(26-31-18)16-4-6-17(22)7-5-16)29-12-10-27(11-13-29)15-19(30)28-8-2-3-9-28/h4-7H,2-3,8-15H2,1H3,(H,23,24). The van der Waals surface area contributed by atoms with Gasteiger partial charge in [-0.2, -0.15) is 4.98 Å². The smallest absolute Gasteiger partial charge is 0.246 e. The number of halogens is 1. The number of amides is 1. The molecule has 0 atom stereocenters. The first-order valence-electron chi connectivity index (χ1n) is 10.7. The molecule has 9 nitrogen and oxygen atoms in total. The number of likely N-dealkylation sites (tertiary alicyclic amines) is 1. The number of aromatic nitrogens is 2. The molecule has 1 N–H and O–H groups in total. The van der Waals surface area contributed by atoms with Gasteiger partial charge in [-0.05, 0) is 37.1 Å². The summed E-state index contributed by atoms with van der Waals surface area (Å²) < 4.78 is 5.36. The van der Waals surface area contributed by atoms with Crippen molar-refractivity contribution in [2.45, 2.75) is 19.4 Å². The maximum absolute atomic E-state index is 12.4. The maximum atomic E-state index is 12.4. The molecule has 1 amide bonds. The van der Waals surface area contributed by atoms with E-state index in [1.165, 1.54) is 0 Å². The van der Waals surface area contributed by atoms with Crippen LogP contribution in [0, 0.1) is 0 Å². The Bertz CT molecular complexity index is 901. The quantitative estimate of drug-likeness (QED) is 0.553. The Labute approximate surface area is 187 Å². The van der Waals surface area contributed by atoms with Crippen molar-refractivity contribution in [3.05, 3.63) is 35.2 Å². The van der Waals surface area contributed by atoms with Crippen LogP contribution in [-0.2, 0) is 11.3 Å². The predicted octanol–water partition coefficient (Wildman–Crippen LogP) is 1.71. The van der Waals surface area contributed by atoms with E-state index in [2.05, 4.69) is 30.2 Å². The molecule has 31 heavy (non-hydrogen) atoms. The van der Waals surface area contributed by atoms with Gasteiger partial charge in [0.15, 0.2) is 5.96 Å². The Hall–Kier alpha value is -2.65. The number of hydrogen-bond acceptors (Lipinski definition) is 6. The molecule has 0 saturated carbocycles. The zero-order valence-electron chi connectivity index (χ0n) is 17.8. The van der Waals surface area contributed by atoms with E-state index >= 15 is 0 Å². The third-order valence-electron chi connectivity index (χ3n) is 5.67. The molecular weight excluding hydrogens is 418 g/mol. The monoisotopic (exact) mass is 445 g/mol. The Balaban J connectivity index is 1.25. The lowest BCUT2D eigenvalue weighted by molar-refractivity contribution is -0.131. The number of aliphatic imine (C=N–C) groups is 1. The summed E-state index contributed by atoms with van der Waals surface area (Å²) in [4.78, 5) is 27.6. The first kappa shape index (κ1) is 21.6. The summed E-state index contributed by atoms with van der Waals surface area (Å²) >= 11 is 5.93. The minimum absolute atomic E-state index is 0.251. The molecule has 1 aromatic heterocycles. The zero-order chi connectivity index (χ0) is 21.6. The summed E-state index contributed by atoms with van der Waals surface area (Å²) in [5, 5.41) is 8.00. The van der Waals surface area contributed by atoms with Crippen molar-refractivity contribution >= 4 is 23.5 Å². The molecule has 2 fully saturated rings. The van der Waals surface area contributed by atoms with Crippen LogP contribution in [0.3, 0.4) is 0 Å². The van der Waals surface area contributed by atoms with Gasteiger partial charge in [-0.3, -0.25) is 14.7 Å². The molecule has 4 rings (SSSR count). The number of carbonyl (C=O) groups is 1. The van der Waals surface area contributed by atoms with Gasteiger partial charge in [0.25, 0.3) is 0 Å². The van der Waals surface area contributed by atoms with Crippen molar-refractivity contribution in [2.24, 2.45) is 4.99 Å². The van der Waals surface area contributed by atoms with Gasteiger partial charge in [0.1, 0.15) is 0 Å². The molecule has 166 valence electrons. The highest BCUT2D eigenvalue weighted by molar-refractivity contribution is 6.30. The van der Waals surface area contributed by atoms with Crippen LogP contribution in [-0.4, -0.2) is 89.6 Å². The van der Waals surface area contributed by atoms with E-state index in [4.69, 9.17) is 16.1 Å². The van der Waals surface area contributed by atoms with Crippen molar-refractivity contribution in [1.29, 1.82) is 0 Å². The van der Waals surface area contributed by atoms with Crippen LogP contribution in [0.2, 0.25) is 5.02 Å². The van der Waals surface area contributed by atoms with Crippen molar-refractivity contribution in [1.82, 2.24) is 30.2 Å². The number of nitrogens with zero attached hydrogens (tertiary/aromatic N) is 6. The summed E-state index contributed by atoms with van der Waals surface area (Å²) in [6.07, 6.45) is 2.26. The number of guanidine groups is 1. The Morgan fingerprint density at radius 1 is 1.10 bits per heavy atom. The fourth-order valence-electron chi connectivity index (χ4n) is 3.91. The molecular formula is C21H28ClN7O2. The van der Waals surface area contributed by atoms with Crippen LogP contribution < -0.4 is 5.32 Å². The second kappa shape index (κ2) is 10.1. The van der Waals surface area contributed by atoms with Gasteiger partial charge in [-0.25, -0.2) is 0 Å². The molecule has 10 heteroatoms. The van der Waals surface area contributed by atoms with E-state index in [0.717, 1.165) is 63.6 Å². The Morgan fingerprint density at radius 3 is 2.48 bits per heavy atom. The predicted molar refractivity (Wildman–Crippen MR) is 119 cm³/mol. The van der Waals surface area contributed by atoms with E-state index < -0.39 is 0 Å². The van der Waals surface area contributed by atoms with Gasteiger partial charge in [-0.1, -0.05) is 16.8 Å². The third kappa shape index (κ3) is 5.54. The van der Waals surface area contributed by atoms with Crippen LogP contribution in [0.4, 0.5) is 0 Å². The first-order chi connectivity index (χ1) is 15.1. The van der Waals surface area contributed by atoms with E-state index in [1.807, 2.05) is 17.0 Å². The SMILES string of the molecule is CN=C(NCc1nc(-c2ccc(Cl)cc2)no1)N1CCN(CC(=O)N2CCCC2)CC1. The highest BCUT2D eigenvalue weighted by atomic mass is 35.5. The van der Waals surface area contributed by atoms with Crippen molar-refractivity contribution in [3.8, 4) is 11.4 Å². The fraction of sp³-hybridized carbons (Fsp3) is 0.524. The van der Waals surface area contributed by atoms with Crippen molar-refractivity contribution in [2.75, 3.05) is 52.9 Å². The van der Waals surface area contributed by atoms with E-state index in [0.29, 0.717) is 29.8 Å². The second-order valence-corrected chi connectivity index (χ2v) is 8.21. The molecule has 3 heterocycles. The van der Waals surface area contributed by atoms with E-state index in [-0.39, 0.29) is 5.91 Å².